The minimum absolute atomic E-state index is 0.0490. The van der Waals surface area contributed by atoms with Crippen molar-refractivity contribution in [1.82, 2.24) is 0 Å². The van der Waals surface area contributed by atoms with Crippen LogP contribution in [0.1, 0.15) is 55.7 Å². The quantitative estimate of drug-likeness (QED) is 0.642. The van der Waals surface area contributed by atoms with Gasteiger partial charge < -0.3 is 19.3 Å². The Balaban J connectivity index is 1.33. The van der Waals surface area contributed by atoms with Crippen LogP contribution < -0.4 is 9.47 Å². The molecular weight excluding hydrogens is 428 g/mol. The lowest BCUT2D eigenvalue weighted by atomic mass is 9.72. The smallest absolute Gasteiger partial charge is 0.161 e. The van der Waals surface area contributed by atoms with Crippen molar-refractivity contribution in [2.45, 2.75) is 64.1 Å². The van der Waals surface area contributed by atoms with Crippen LogP contribution in [0.5, 0.6) is 11.5 Å². The number of ether oxygens (including phenoxy) is 3. The number of fused-ring (bicyclic) bond motifs is 1. The van der Waals surface area contributed by atoms with Crippen LogP contribution in [0, 0.1) is 17.3 Å². The highest BCUT2D eigenvalue weighted by molar-refractivity contribution is 5.88. The lowest BCUT2D eigenvalue weighted by Crippen LogP contribution is -2.44. The summed E-state index contributed by atoms with van der Waals surface area (Å²) in [6.45, 7) is 4.85. The minimum atomic E-state index is -0.745. The van der Waals surface area contributed by atoms with E-state index in [0.717, 1.165) is 37.2 Å². The zero-order valence-electron chi connectivity index (χ0n) is 20.5. The fourth-order valence-electron chi connectivity index (χ4n) is 6.44. The molecule has 0 spiro atoms. The molecule has 1 N–H and O–H groups in total. The molecule has 0 radical (unpaired) electrons. The average molecular weight is 465 g/mol. The predicted octanol–water partition coefficient (Wildman–Crippen LogP) is 4.73. The number of ketones is 1. The molecule has 5 heteroatoms. The number of Topliss-reactive ketones (excluding diaryl/α,β-unsaturated/α-hetero) is 1. The standard InChI is InChI=1S/C29H36O5/c1-18-12-23(28(31)29(19(2)30)10-11-33-17-29)15-25(18)22-8-9-26(32-3)27(16-22)34-24-13-20-6-4-5-7-21(20)14-24/h4-9,16,18-19,23-25,30H,10-15,17H2,1-3H3/t18-,19-,23?,25+,29?/m1/s1. The third-order valence-corrected chi connectivity index (χ3v) is 8.52. The molecule has 2 aromatic rings. The molecule has 5 atom stereocenters. The highest BCUT2D eigenvalue weighted by atomic mass is 16.5. The average Bonchev–Trinajstić information content (AvgIpc) is 3.57. The third kappa shape index (κ3) is 4.14. The molecule has 0 bridgehead atoms. The van der Waals surface area contributed by atoms with Crippen molar-refractivity contribution in [2.24, 2.45) is 17.3 Å². The Labute approximate surface area is 202 Å². The number of carbonyl (C=O) groups is 1. The van der Waals surface area contributed by atoms with E-state index in [9.17, 15) is 9.90 Å². The van der Waals surface area contributed by atoms with Crippen LogP contribution in [-0.4, -0.2) is 43.4 Å². The number of carbonyl (C=O) groups excluding carboxylic acids is 1. The number of aliphatic hydroxyl groups excluding tert-OH is 1. The molecule has 1 aliphatic heterocycles. The lowest BCUT2D eigenvalue weighted by molar-refractivity contribution is -0.139. The predicted molar refractivity (Wildman–Crippen MR) is 130 cm³/mol. The Morgan fingerprint density at radius 3 is 2.47 bits per heavy atom. The Hall–Kier alpha value is -2.37. The maximum atomic E-state index is 13.6. The first-order valence-electron chi connectivity index (χ1n) is 12.6. The zero-order valence-corrected chi connectivity index (χ0v) is 20.5. The first kappa shape index (κ1) is 23.4. The fourth-order valence-corrected chi connectivity index (χ4v) is 6.44. The van der Waals surface area contributed by atoms with E-state index in [-0.39, 0.29) is 23.7 Å². The van der Waals surface area contributed by atoms with Crippen molar-refractivity contribution < 1.29 is 24.1 Å². The van der Waals surface area contributed by atoms with Crippen molar-refractivity contribution in [2.75, 3.05) is 20.3 Å². The number of hydrogen-bond donors (Lipinski definition) is 1. The van der Waals surface area contributed by atoms with Gasteiger partial charge in [-0.25, -0.2) is 0 Å². The van der Waals surface area contributed by atoms with Gasteiger partial charge in [0.15, 0.2) is 11.5 Å². The normalized spacial score (nSPS) is 29.7. The van der Waals surface area contributed by atoms with E-state index in [4.69, 9.17) is 14.2 Å². The van der Waals surface area contributed by atoms with Gasteiger partial charge in [-0.15, -0.1) is 0 Å². The Bertz CT molecular complexity index is 1010. The number of rotatable bonds is 7. The van der Waals surface area contributed by atoms with Crippen molar-refractivity contribution in [1.29, 1.82) is 0 Å². The van der Waals surface area contributed by atoms with Gasteiger partial charge in [0.25, 0.3) is 0 Å². The maximum absolute atomic E-state index is 13.6. The number of hydrogen-bond acceptors (Lipinski definition) is 5. The summed E-state index contributed by atoms with van der Waals surface area (Å²) in [5.41, 5.74) is 3.17. The van der Waals surface area contributed by atoms with Crippen LogP contribution in [0.25, 0.3) is 0 Å². The Morgan fingerprint density at radius 1 is 1.12 bits per heavy atom. The topological polar surface area (TPSA) is 65.0 Å². The van der Waals surface area contributed by atoms with Gasteiger partial charge in [-0.1, -0.05) is 37.3 Å². The highest BCUT2D eigenvalue weighted by Gasteiger charge is 2.51. The van der Waals surface area contributed by atoms with Crippen molar-refractivity contribution >= 4 is 5.78 Å². The van der Waals surface area contributed by atoms with Gasteiger partial charge in [-0.3, -0.25) is 4.79 Å². The fraction of sp³-hybridized carbons (Fsp3) is 0.552. The number of aliphatic hydroxyl groups is 1. The summed E-state index contributed by atoms with van der Waals surface area (Å²) in [6, 6.07) is 14.8. The van der Waals surface area contributed by atoms with Crippen LogP contribution in [0.4, 0.5) is 0 Å². The van der Waals surface area contributed by atoms with Gasteiger partial charge in [0, 0.05) is 25.4 Å². The third-order valence-electron chi connectivity index (χ3n) is 8.52. The van der Waals surface area contributed by atoms with E-state index in [1.54, 1.807) is 14.0 Å². The molecule has 1 heterocycles. The zero-order chi connectivity index (χ0) is 23.9. The maximum Gasteiger partial charge on any atom is 0.161 e. The second-order valence-corrected chi connectivity index (χ2v) is 10.6. The van der Waals surface area contributed by atoms with Gasteiger partial charge in [-0.2, -0.15) is 0 Å². The van der Waals surface area contributed by atoms with E-state index in [2.05, 4.69) is 43.3 Å². The van der Waals surface area contributed by atoms with Crippen molar-refractivity contribution in [3.8, 4) is 11.5 Å². The number of benzene rings is 2. The summed E-state index contributed by atoms with van der Waals surface area (Å²) in [4.78, 5) is 13.6. The summed E-state index contributed by atoms with van der Waals surface area (Å²) >= 11 is 0. The van der Waals surface area contributed by atoms with E-state index < -0.39 is 11.5 Å². The van der Waals surface area contributed by atoms with Gasteiger partial charge in [0.2, 0.25) is 0 Å². The summed E-state index contributed by atoms with van der Waals surface area (Å²) in [5.74, 6) is 2.31. The second-order valence-electron chi connectivity index (χ2n) is 10.6. The molecule has 5 rings (SSSR count). The first-order valence-corrected chi connectivity index (χ1v) is 12.6. The van der Waals surface area contributed by atoms with E-state index in [1.807, 2.05) is 6.07 Å². The van der Waals surface area contributed by atoms with Crippen LogP contribution in [0.15, 0.2) is 42.5 Å². The largest absolute Gasteiger partial charge is 0.493 e. The molecule has 3 aliphatic rings. The Morgan fingerprint density at radius 2 is 1.85 bits per heavy atom. The SMILES string of the molecule is COc1ccc([C@H]2CC(C(=O)C3([C@@H](C)O)CCOC3)C[C@H]2C)cc1OC1Cc2ccccc2C1. The van der Waals surface area contributed by atoms with Crippen molar-refractivity contribution in [3.05, 3.63) is 59.2 Å². The molecule has 2 aliphatic carbocycles. The molecule has 2 fully saturated rings. The van der Waals surface area contributed by atoms with E-state index in [0.29, 0.717) is 25.6 Å². The lowest BCUT2D eigenvalue weighted by Gasteiger charge is -2.31. The summed E-state index contributed by atoms with van der Waals surface area (Å²) < 4.78 is 17.7. The first-order chi connectivity index (χ1) is 16.4. The molecule has 0 amide bonds. The van der Waals surface area contributed by atoms with E-state index in [1.165, 1.54) is 16.7 Å². The molecule has 5 nitrogen and oxygen atoms in total. The molecule has 1 saturated heterocycles. The molecule has 2 unspecified atom stereocenters. The monoisotopic (exact) mass is 464 g/mol. The van der Waals surface area contributed by atoms with Crippen LogP contribution >= 0.6 is 0 Å². The molecule has 182 valence electrons. The highest BCUT2D eigenvalue weighted by Crippen LogP contribution is 2.49. The second kappa shape index (κ2) is 9.35. The molecule has 1 saturated carbocycles. The molecular formula is C29H36O5. The Kier molecular flexibility index (Phi) is 6.43. The summed E-state index contributed by atoms with van der Waals surface area (Å²) in [5, 5.41) is 10.4. The van der Waals surface area contributed by atoms with Gasteiger partial charge in [0.1, 0.15) is 11.9 Å². The van der Waals surface area contributed by atoms with Crippen LogP contribution in [0.3, 0.4) is 0 Å². The van der Waals surface area contributed by atoms with Gasteiger partial charge >= 0.3 is 0 Å². The molecule has 2 aromatic carbocycles. The minimum Gasteiger partial charge on any atom is -0.493 e. The summed E-state index contributed by atoms with van der Waals surface area (Å²) in [7, 11) is 1.68. The van der Waals surface area contributed by atoms with E-state index >= 15 is 0 Å². The van der Waals surface area contributed by atoms with Crippen molar-refractivity contribution in [3.63, 3.8) is 0 Å². The van der Waals surface area contributed by atoms with Gasteiger partial charge in [-0.05, 0) is 66.8 Å². The summed E-state index contributed by atoms with van der Waals surface area (Å²) in [6.07, 6.45) is 3.49. The number of methoxy groups -OCH3 is 1. The molecule has 0 aromatic heterocycles. The van der Waals surface area contributed by atoms with Gasteiger partial charge in [0.05, 0.1) is 25.2 Å². The molecule has 34 heavy (non-hydrogen) atoms. The van der Waals surface area contributed by atoms with Crippen LogP contribution in [0.2, 0.25) is 0 Å². The van der Waals surface area contributed by atoms with Crippen LogP contribution in [-0.2, 0) is 22.4 Å².